The van der Waals surface area contributed by atoms with Crippen molar-refractivity contribution in [3.63, 3.8) is 0 Å². The van der Waals surface area contributed by atoms with Gasteiger partial charge in [0.1, 0.15) is 0 Å². The maximum Gasteiger partial charge on any atom is 0.390 e. The summed E-state index contributed by atoms with van der Waals surface area (Å²) in [6, 6.07) is 4.59. The Balaban J connectivity index is 2.55. The molecule has 0 saturated carbocycles. The minimum Gasteiger partial charge on any atom is -0.478 e. The average molecular weight is 290 g/mol. The zero-order chi connectivity index (χ0) is 15.3. The second-order valence-corrected chi connectivity index (χ2v) is 4.10. The SMILES string of the molecule is CN(CCC(F)(F)F)C(=O)Nc1ccc(C(=O)O)cc1. The van der Waals surface area contributed by atoms with Gasteiger partial charge in [0, 0.05) is 19.3 Å². The van der Waals surface area contributed by atoms with E-state index in [-0.39, 0.29) is 5.56 Å². The van der Waals surface area contributed by atoms with Crippen LogP contribution in [0.25, 0.3) is 0 Å². The average Bonchev–Trinajstić information content (AvgIpc) is 2.35. The van der Waals surface area contributed by atoms with E-state index in [9.17, 15) is 22.8 Å². The monoisotopic (exact) mass is 290 g/mol. The van der Waals surface area contributed by atoms with E-state index in [1.165, 1.54) is 31.3 Å². The number of aromatic carboxylic acids is 1. The molecule has 0 spiro atoms. The van der Waals surface area contributed by atoms with Gasteiger partial charge in [-0.15, -0.1) is 0 Å². The molecular formula is C12H13F3N2O3. The largest absolute Gasteiger partial charge is 0.478 e. The molecule has 0 aliphatic heterocycles. The highest BCUT2D eigenvalue weighted by Crippen LogP contribution is 2.19. The van der Waals surface area contributed by atoms with Crippen LogP contribution in [-0.4, -0.2) is 41.8 Å². The fourth-order valence-electron chi connectivity index (χ4n) is 1.31. The Kier molecular flexibility index (Phi) is 4.95. The summed E-state index contributed by atoms with van der Waals surface area (Å²) >= 11 is 0. The molecule has 0 unspecified atom stereocenters. The molecule has 0 radical (unpaired) electrons. The number of carboxylic acid groups (broad SMARTS) is 1. The molecule has 8 heteroatoms. The van der Waals surface area contributed by atoms with Crippen molar-refractivity contribution in [3.8, 4) is 0 Å². The van der Waals surface area contributed by atoms with Gasteiger partial charge in [0.15, 0.2) is 0 Å². The third kappa shape index (κ3) is 5.17. The van der Waals surface area contributed by atoms with Gasteiger partial charge < -0.3 is 15.3 Å². The number of hydrogen-bond donors (Lipinski definition) is 2. The quantitative estimate of drug-likeness (QED) is 0.895. The van der Waals surface area contributed by atoms with E-state index in [4.69, 9.17) is 5.11 Å². The lowest BCUT2D eigenvalue weighted by Crippen LogP contribution is -2.34. The molecule has 1 rings (SSSR count). The first-order valence-electron chi connectivity index (χ1n) is 5.61. The molecule has 0 aliphatic carbocycles. The van der Waals surface area contributed by atoms with Gasteiger partial charge in [0.05, 0.1) is 12.0 Å². The number of carbonyl (C=O) groups is 2. The van der Waals surface area contributed by atoms with Crippen LogP contribution in [0.1, 0.15) is 16.8 Å². The van der Waals surface area contributed by atoms with Gasteiger partial charge in [-0.05, 0) is 24.3 Å². The molecule has 20 heavy (non-hydrogen) atoms. The summed E-state index contributed by atoms with van der Waals surface area (Å²) in [7, 11) is 1.24. The summed E-state index contributed by atoms with van der Waals surface area (Å²) in [5, 5.41) is 11.1. The molecule has 0 aliphatic rings. The molecule has 0 fully saturated rings. The van der Waals surface area contributed by atoms with Gasteiger partial charge in [-0.3, -0.25) is 0 Å². The lowest BCUT2D eigenvalue weighted by Gasteiger charge is -2.18. The summed E-state index contributed by atoms with van der Waals surface area (Å²) in [6.07, 6.45) is -5.41. The molecule has 2 amide bonds. The third-order valence-corrected chi connectivity index (χ3v) is 2.46. The van der Waals surface area contributed by atoms with Crippen molar-refractivity contribution in [2.75, 3.05) is 18.9 Å². The molecule has 0 atom stereocenters. The van der Waals surface area contributed by atoms with E-state index in [2.05, 4.69) is 5.32 Å². The molecule has 2 N–H and O–H groups in total. The maximum absolute atomic E-state index is 12.0. The Bertz CT molecular complexity index is 486. The lowest BCUT2D eigenvalue weighted by atomic mass is 10.2. The molecule has 1 aromatic carbocycles. The lowest BCUT2D eigenvalue weighted by molar-refractivity contribution is -0.135. The van der Waals surface area contributed by atoms with E-state index in [0.717, 1.165) is 4.90 Å². The van der Waals surface area contributed by atoms with Crippen LogP contribution in [0.2, 0.25) is 0 Å². The van der Waals surface area contributed by atoms with Gasteiger partial charge in [-0.25, -0.2) is 9.59 Å². The summed E-state index contributed by atoms with van der Waals surface area (Å²) in [6.45, 7) is -0.456. The number of urea groups is 1. The van der Waals surface area contributed by atoms with E-state index in [0.29, 0.717) is 5.69 Å². The number of nitrogens with one attached hydrogen (secondary N) is 1. The Labute approximate surface area is 113 Å². The van der Waals surface area contributed by atoms with Crippen LogP contribution in [0.5, 0.6) is 0 Å². The highest BCUT2D eigenvalue weighted by molar-refractivity contribution is 5.91. The minimum absolute atomic E-state index is 0.0495. The van der Waals surface area contributed by atoms with Crippen molar-refractivity contribution in [3.05, 3.63) is 29.8 Å². The molecule has 0 aromatic heterocycles. The number of benzene rings is 1. The van der Waals surface area contributed by atoms with E-state index >= 15 is 0 Å². The number of anilines is 1. The number of amides is 2. The van der Waals surface area contributed by atoms with Crippen LogP contribution in [0, 0.1) is 0 Å². The van der Waals surface area contributed by atoms with Gasteiger partial charge in [0.2, 0.25) is 0 Å². The van der Waals surface area contributed by atoms with E-state index in [1.54, 1.807) is 0 Å². The van der Waals surface area contributed by atoms with Crippen LogP contribution < -0.4 is 5.32 Å². The second-order valence-electron chi connectivity index (χ2n) is 4.10. The Morgan fingerprint density at radius 3 is 2.25 bits per heavy atom. The molecule has 0 saturated heterocycles. The number of alkyl halides is 3. The van der Waals surface area contributed by atoms with Gasteiger partial charge >= 0.3 is 18.2 Å². The maximum atomic E-state index is 12.0. The van der Waals surface area contributed by atoms with Gasteiger partial charge in [-0.1, -0.05) is 0 Å². The number of halogens is 3. The predicted octanol–water partition coefficient (Wildman–Crippen LogP) is 2.80. The van der Waals surface area contributed by atoms with Crippen molar-refractivity contribution < 1.29 is 27.9 Å². The molecule has 0 heterocycles. The van der Waals surface area contributed by atoms with Gasteiger partial charge in [-0.2, -0.15) is 13.2 Å². The first-order valence-corrected chi connectivity index (χ1v) is 5.61. The van der Waals surface area contributed by atoms with Crippen molar-refractivity contribution in [2.24, 2.45) is 0 Å². The normalized spacial score (nSPS) is 11.0. The van der Waals surface area contributed by atoms with Crippen LogP contribution >= 0.6 is 0 Å². The summed E-state index contributed by atoms with van der Waals surface area (Å²) in [5.41, 5.74) is 0.354. The van der Waals surface area contributed by atoms with Crippen molar-refractivity contribution in [2.45, 2.75) is 12.6 Å². The zero-order valence-corrected chi connectivity index (χ0v) is 10.6. The topological polar surface area (TPSA) is 69.6 Å². The molecule has 110 valence electrons. The number of carboxylic acids is 1. The summed E-state index contributed by atoms with van der Waals surface area (Å²) in [4.78, 5) is 23.1. The number of carbonyl (C=O) groups excluding carboxylic acids is 1. The predicted molar refractivity (Wildman–Crippen MR) is 65.7 cm³/mol. The zero-order valence-electron chi connectivity index (χ0n) is 10.6. The molecule has 5 nitrogen and oxygen atoms in total. The van der Waals surface area contributed by atoms with Crippen LogP contribution in [0.4, 0.5) is 23.7 Å². The van der Waals surface area contributed by atoms with E-state index in [1.807, 2.05) is 0 Å². The Hall–Kier alpha value is -2.25. The van der Waals surface area contributed by atoms with Gasteiger partial charge in [0.25, 0.3) is 0 Å². The highest BCUT2D eigenvalue weighted by atomic mass is 19.4. The summed E-state index contributed by atoms with van der Waals surface area (Å²) in [5.74, 6) is -1.11. The second kappa shape index (κ2) is 6.27. The van der Waals surface area contributed by atoms with Crippen molar-refractivity contribution >= 4 is 17.7 Å². The number of nitrogens with zero attached hydrogens (tertiary/aromatic N) is 1. The number of rotatable bonds is 4. The summed E-state index contributed by atoms with van der Waals surface area (Å²) < 4.78 is 36.0. The molecule has 0 bridgehead atoms. The number of hydrogen-bond acceptors (Lipinski definition) is 2. The van der Waals surface area contributed by atoms with Crippen LogP contribution in [-0.2, 0) is 0 Å². The smallest absolute Gasteiger partial charge is 0.390 e. The Morgan fingerprint density at radius 1 is 1.25 bits per heavy atom. The first-order chi connectivity index (χ1) is 9.19. The van der Waals surface area contributed by atoms with Crippen LogP contribution in [0.15, 0.2) is 24.3 Å². The Morgan fingerprint density at radius 2 is 1.80 bits per heavy atom. The van der Waals surface area contributed by atoms with Crippen molar-refractivity contribution in [1.29, 1.82) is 0 Å². The minimum atomic E-state index is -4.32. The van der Waals surface area contributed by atoms with Crippen molar-refractivity contribution in [1.82, 2.24) is 4.90 Å². The fraction of sp³-hybridized carbons (Fsp3) is 0.333. The van der Waals surface area contributed by atoms with E-state index < -0.39 is 31.1 Å². The molecular weight excluding hydrogens is 277 g/mol. The standard InChI is InChI=1S/C12H13F3N2O3/c1-17(7-6-12(13,14)15)11(20)16-9-4-2-8(3-5-9)10(18)19/h2-5H,6-7H2,1H3,(H,16,20)(H,18,19). The van der Waals surface area contributed by atoms with Crippen LogP contribution in [0.3, 0.4) is 0 Å². The highest BCUT2D eigenvalue weighted by Gasteiger charge is 2.28. The fourth-order valence-corrected chi connectivity index (χ4v) is 1.31. The molecule has 1 aromatic rings. The third-order valence-electron chi connectivity index (χ3n) is 2.46. The first kappa shape index (κ1) is 15.8.